The molecule has 0 aromatic heterocycles. The Morgan fingerprint density at radius 3 is 2.75 bits per heavy atom. The highest BCUT2D eigenvalue weighted by Crippen LogP contribution is 2.05. The van der Waals surface area contributed by atoms with E-state index in [1.807, 2.05) is 47.1 Å². The number of hydrogen-bond donors (Lipinski definition) is 1. The van der Waals surface area contributed by atoms with Crippen molar-refractivity contribution in [3.63, 3.8) is 0 Å². The lowest BCUT2D eigenvalue weighted by molar-refractivity contribution is -0.134. The van der Waals surface area contributed by atoms with E-state index in [4.69, 9.17) is 0 Å². The summed E-state index contributed by atoms with van der Waals surface area (Å²) in [5.41, 5.74) is 1.12. The lowest BCUT2D eigenvalue weighted by atomic mass is 10.2. The van der Waals surface area contributed by atoms with E-state index >= 15 is 0 Å². The minimum Gasteiger partial charge on any atom is -0.354 e. The van der Waals surface area contributed by atoms with E-state index in [1.165, 1.54) is 0 Å². The standard InChI is InChI=1S/C15H21N3O2/c1-2-18(10-13-6-4-3-5-7-13)15(20)12-17-9-8-16-14(19)11-17/h3-7H,2,8-12H2,1H3,(H,16,19). The van der Waals surface area contributed by atoms with Gasteiger partial charge in [0.1, 0.15) is 0 Å². The van der Waals surface area contributed by atoms with Crippen LogP contribution in [-0.4, -0.2) is 54.3 Å². The number of carbonyl (C=O) groups excluding carboxylic acids is 2. The molecule has 1 aromatic rings. The van der Waals surface area contributed by atoms with Crippen LogP contribution in [0, 0.1) is 0 Å². The molecule has 20 heavy (non-hydrogen) atoms. The van der Waals surface area contributed by atoms with E-state index in [9.17, 15) is 9.59 Å². The smallest absolute Gasteiger partial charge is 0.237 e. The van der Waals surface area contributed by atoms with Crippen molar-refractivity contribution in [2.75, 3.05) is 32.7 Å². The predicted octanol–water partition coefficient (Wildman–Crippen LogP) is 0.467. The first-order chi connectivity index (χ1) is 9.69. The van der Waals surface area contributed by atoms with Gasteiger partial charge in [-0.15, -0.1) is 0 Å². The molecule has 1 N–H and O–H groups in total. The average molecular weight is 275 g/mol. The molecule has 2 amide bonds. The summed E-state index contributed by atoms with van der Waals surface area (Å²) in [5, 5.41) is 2.76. The maximum atomic E-state index is 12.3. The monoisotopic (exact) mass is 275 g/mol. The largest absolute Gasteiger partial charge is 0.354 e. The molecule has 1 aliphatic rings. The van der Waals surface area contributed by atoms with Crippen molar-refractivity contribution in [3.8, 4) is 0 Å². The lowest BCUT2D eigenvalue weighted by Gasteiger charge is -2.29. The number of likely N-dealkylation sites (N-methyl/N-ethyl adjacent to an activating group) is 1. The van der Waals surface area contributed by atoms with E-state index in [1.54, 1.807) is 0 Å². The van der Waals surface area contributed by atoms with E-state index in [0.717, 1.165) is 12.1 Å². The van der Waals surface area contributed by atoms with Crippen molar-refractivity contribution in [3.05, 3.63) is 35.9 Å². The Morgan fingerprint density at radius 2 is 2.10 bits per heavy atom. The SMILES string of the molecule is CCN(Cc1ccccc1)C(=O)CN1CCNC(=O)C1. The molecule has 1 saturated heterocycles. The number of benzene rings is 1. The number of nitrogens with zero attached hydrogens (tertiary/aromatic N) is 2. The molecule has 5 nitrogen and oxygen atoms in total. The van der Waals surface area contributed by atoms with Gasteiger partial charge in [-0.25, -0.2) is 0 Å². The highest BCUT2D eigenvalue weighted by molar-refractivity contribution is 5.81. The fraction of sp³-hybridized carbons (Fsp3) is 0.467. The van der Waals surface area contributed by atoms with Crippen LogP contribution in [0.2, 0.25) is 0 Å². The van der Waals surface area contributed by atoms with Crippen molar-refractivity contribution in [1.82, 2.24) is 15.1 Å². The Balaban J connectivity index is 1.90. The van der Waals surface area contributed by atoms with Gasteiger partial charge in [-0.2, -0.15) is 0 Å². The molecule has 0 spiro atoms. The third kappa shape index (κ3) is 4.06. The van der Waals surface area contributed by atoms with Crippen LogP contribution in [0.25, 0.3) is 0 Å². The number of nitrogens with one attached hydrogen (secondary N) is 1. The zero-order valence-corrected chi connectivity index (χ0v) is 11.8. The molecule has 0 saturated carbocycles. The highest BCUT2D eigenvalue weighted by atomic mass is 16.2. The molecule has 0 bridgehead atoms. The summed E-state index contributed by atoms with van der Waals surface area (Å²) in [6, 6.07) is 9.95. The summed E-state index contributed by atoms with van der Waals surface area (Å²) in [4.78, 5) is 27.3. The maximum absolute atomic E-state index is 12.3. The van der Waals surface area contributed by atoms with Crippen molar-refractivity contribution in [2.45, 2.75) is 13.5 Å². The van der Waals surface area contributed by atoms with Crippen LogP contribution in [0.3, 0.4) is 0 Å². The Labute approximate surface area is 119 Å². The van der Waals surface area contributed by atoms with Crippen molar-refractivity contribution in [1.29, 1.82) is 0 Å². The Hall–Kier alpha value is -1.88. The fourth-order valence-electron chi connectivity index (χ4n) is 2.30. The van der Waals surface area contributed by atoms with Gasteiger partial charge in [0.25, 0.3) is 0 Å². The summed E-state index contributed by atoms with van der Waals surface area (Å²) >= 11 is 0. The van der Waals surface area contributed by atoms with Crippen LogP contribution in [0.15, 0.2) is 30.3 Å². The molecule has 1 aromatic carbocycles. The average Bonchev–Trinajstić information content (AvgIpc) is 2.45. The third-order valence-corrected chi connectivity index (χ3v) is 3.43. The molecule has 2 rings (SSSR count). The molecule has 1 aliphatic heterocycles. The summed E-state index contributed by atoms with van der Waals surface area (Å²) < 4.78 is 0. The molecule has 1 fully saturated rings. The van der Waals surface area contributed by atoms with Gasteiger partial charge in [0, 0.05) is 26.2 Å². The zero-order chi connectivity index (χ0) is 14.4. The molecular weight excluding hydrogens is 254 g/mol. The van der Waals surface area contributed by atoms with Crippen LogP contribution in [0.5, 0.6) is 0 Å². The molecule has 1 heterocycles. The number of hydrogen-bond acceptors (Lipinski definition) is 3. The van der Waals surface area contributed by atoms with E-state index in [0.29, 0.717) is 32.7 Å². The van der Waals surface area contributed by atoms with Gasteiger partial charge in [0.05, 0.1) is 13.1 Å². The first-order valence-electron chi connectivity index (χ1n) is 6.99. The summed E-state index contributed by atoms with van der Waals surface area (Å²) in [7, 11) is 0. The van der Waals surface area contributed by atoms with Gasteiger partial charge in [-0.3, -0.25) is 14.5 Å². The van der Waals surface area contributed by atoms with Gasteiger partial charge < -0.3 is 10.2 Å². The molecule has 0 aliphatic carbocycles. The van der Waals surface area contributed by atoms with E-state index in [-0.39, 0.29) is 11.8 Å². The highest BCUT2D eigenvalue weighted by Gasteiger charge is 2.21. The van der Waals surface area contributed by atoms with Crippen LogP contribution in [0.1, 0.15) is 12.5 Å². The number of rotatable bonds is 5. The van der Waals surface area contributed by atoms with Crippen molar-refractivity contribution >= 4 is 11.8 Å². The van der Waals surface area contributed by atoms with Crippen LogP contribution in [-0.2, 0) is 16.1 Å². The Kier molecular flexibility index (Phi) is 5.12. The second-order valence-corrected chi connectivity index (χ2v) is 4.95. The Morgan fingerprint density at radius 1 is 1.35 bits per heavy atom. The topological polar surface area (TPSA) is 52.7 Å². The van der Waals surface area contributed by atoms with Crippen LogP contribution < -0.4 is 5.32 Å². The number of piperazine rings is 1. The molecule has 0 radical (unpaired) electrons. The molecule has 0 atom stereocenters. The zero-order valence-electron chi connectivity index (χ0n) is 11.8. The molecule has 108 valence electrons. The normalized spacial score (nSPS) is 15.8. The molecule has 0 unspecified atom stereocenters. The summed E-state index contributed by atoms with van der Waals surface area (Å²) in [6.07, 6.45) is 0. The van der Waals surface area contributed by atoms with Gasteiger partial charge in [-0.1, -0.05) is 30.3 Å². The summed E-state index contributed by atoms with van der Waals surface area (Å²) in [5.74, 6) is 0.0706. The quantitative estimate of drug-likeness (QED) is 0.850. The van der Waals surface area contributed by atoms with Crippen molar-refractivity contribution in [2.24, 2.45) is 0 Å². The minimum atomic E-state index is -0.00448. The van der Waals surface area contributed by atoms with E-state index in [2.05, 4.69) is 5.32 Å². The summed E-state index contributed by atoms with van der Waals surface area (Å²) in [6.45, 7) is 5.26. The van der Waals surface area contributed by atoms with Crippen molar-refractivity contribution < 1.29 is 9.59 Å². The first kappa shape index (κ1) is 14.5. The molecular formula is C15H21N3O2. The first-order valence-corrected chi connectivity index (χ1v) is 6.99. The van der Waals surface area contributed by atoms with Crippen LogP contribution in [0.4, 0.5) is 0 Å². The lowest BCUT2D eigenvalue weighted by Crippen LogP contribution is -2.51. The number of amides is 2. The van der Waals surface area contributed by atoms with Gasteiger partial charge in [0.2, 0.25) is 11.8 Å². The number of carbonyl (C=O) groups is 2. The van der Waals surface area contributed by atoms with Crippen LogP contribution >= 0.6 is 0 Å². The minimum absolute atomic E-state index is 0.00448. The predicted molar refractivity (Wildman–Crippen MR) is 77.0 cm³/mol. The Bertz CT molecular complexity index is 461. The maximum Gasteiger partial charge on any atom is 0.237 e. The fourth-order valence-corrected chi connectivity index (χ4v) is 2.30. The van der Waals surface area contributed by atoms with E-state index < -0.39 is 0 Å². The van der Waals surface area contributed by atoms with Gasteiger partial charge in [-0.05, 0) is 12.5 Å². The third-order valence-electron chi connectivity index (χ3n) is 3.43. The van der Waals surface area contributed by atoms with Gasteiger partial charge >= 0.3 is 0 Å². The second-order valence-electron chi connectivity index (χ2n) is 4.95. The van der Waals surface area contributed by atoms with Gasteiger partial charge in [0.15, 0.2) is 0 Å². The molecule has 5 heteroatoms. The second kappa shape index (κ2) is 7.05.